The second-order valence-electron chi connectivity index (χ2n) is 6.56. The number of aromatic nitrogens is 3. The minimum atomic E-state index is -0.142. The van der Waals surface area contributed by atoms with Crippen LogP contribution in [-0.2, 0) is 16.1 Å². The molecule has 2 aromatic heterocycles. The van der Waals surface area contributed by atoms with Crippen LogP contribution in [0.3, 0.4) is 0 Å². The van der Waals surface area contributed by atoms with Crippen LogP contribution in [0.15, 0.2) is 42.9 Å². The lowest BCUT2D eigenvalue weighted by atomic mass is 9.82. The molecule has 1 N–H and O–H groups in total. The van der Waals surface area contributed by atoms with Crippen LogP contribution in [-0.4, -0.2) is 47.2 Å². The molecule has 7 heteroatoms. The third-order valence-electron chi connectivity index (χ3n) is 4.98. The first kappa shape index (κ1) is 16.0. The van der Waals surface area contributed by atoms with Crippen molar-refractivity contribution in [2.75, 3.05) is 31.2 Å². The SMILES string of the molecule is O=C(NCc1ccccn1)[C@@H]1COC[C@@H]2CN(c3ncccn3)C[C@@H]21. The molecule has 4 heterocycles. The molecule has 3 atom stereocenters. The highest BCUT2D eigenvalue weighted by Gasteiger charge is 2.44. The van der Waals surface area contributed by atoms with E-state index in [9.17, 15) is 4.79 Å². The van der Waals surface area contributed by atoms with Gasteiger partial charge in [0, 0.05) is 37.6 Å². The third-order valence-corrected chi connectivity index (χ3v) is 4.98. The lowest BCUT2D eigenvalue weighted by molar-refractivity contribution is -0.133. The number of anilines is 1. The van der Waals surface area contributed by atoms with Crippen LogP contribution < -0.4 is 10.2 Å². The highest BCUT2D eigenvalue weighted by Crippen LogP contribution is 2.35. The maximum Gasteiger partial charge on any atom is 0.226 e. The van der Waals surface area contributed by atoms with Gasteiger partial charge in [-0.05, 0) is 24.1 Å². The van der Waals surface area contributed by atoms with Crippen LogP contribution in [0.2, 0.25) is 0 Å². The predicted molar refractivity (Wildman–Crippen MR) is 91.6 cm³/mol. The molecule has 0 spiro atoms. The molecule has 2 fully saturated rings. The van der Waals surface area contributed by atoms with E-state index in [-0.39, 0.29) is 17.7 Å². The van der Waals surface area contributed by atoms with Crippen LogP contribution in [0.25, 0.3) is 0 Å². The lowest BCUT2D eigenvalue weighted by Gasteiger charge is -2.31. The highest BCUT2D eigenvalue weighted by atomic mass is 16.5. The molecule has 0 bridgehead atoms. The zero-order valence-electron chi connectivity index (χ0n) is 13.9. The average molecular weight is 339 g/mol. The van der Waals surface area contributed by atoms with Gasteiger partial charge in [-0.3, -0.25) is 9.78 Å². The summed E-state index contributed by atoms with van der Waals surface area (Å²) in [5, 5.41) is 3.00. The van der Waals surface area contributed by atoms with Crippen LogP contribution in [0.4, 0.5) is 5.95 Å². The molecule has 2 saturated heterocycles. The fourth-order valence-electron chi connectivity index (χ4n) is 3.70. The van der Waals surface area contributed by atoms with Gasteiger partial charge in [0.2, 0.25) is 11.9 Å². The Hall–Kier alpha value is -2.54. The first-order chi connectivity index (χ1) is 12.3. The fourth-order valence-corrected chi connectivity index (χ4v) is 3.70. The van der Waals surface area contributed by atoms with Gasteiger partial charge in [0.15, 0.2) is 0 Å². The Kier molecular flexibility index (Phi) is 4.56. The number of hydrogen-bond donors (Lipinski definition) is 1. The minimum Gasteiger partial charge on any atom is -0.380 e. The van der Waals surface area contributed by atoms with Crippen molar-refractivity contribution in [3.05, 3.63) is 48.5 Å². The van der Waals surface area contributed by atoms with E-state index in [4.69, 9.17) is 4.74 Å². The second-order valence-corrected chi connectivity index (χ2v) is 6.56. The summed E-state index contributed by atoms with van der Waals surface area (Å²) < 4.78 is 5.71. The molecule has 2 aliphatic rings. The summed E-state index contributed by atoms with van der Waals surface area (Å²) in [6.07, 6.45) is 5.23. The molecule has 0 unspecified atom stereocenters. The summed E-state index contributed by atoms with van der Waals surface area (Å²) in [6.45, 7) is 3.23. The smallest absolute Gasteiger partial charge is 0.226 e. The largest absolute Gasteiger partial charge is 0.380 e. The molecular weight excluding hydrogens is 318 g/mol. The Morgan fingerprint density at radius 3 is 2.76 bits per heavy atom. The van der Waals surface area contributed by atoms with Gasteiger partial charge in [-0.15, -0.1) is 0 Å². The van der Waals surface area contributed by atoms with E-state index < -0.39 is 0 Å². The van der Waals surface area contributed by atoms with Crippen molar-refractivity contribution >= 4 is 11.9 Å². The molecule has 130 valence electrons. The van der Waals surface area contributed by atoms with Crippen molar-refractivity contribution in [1.29, 1.82) is 0 Å². The average Bonchev–Trinajstić information content (AvgIpc) is 3.12. The molecule has 2 aliphatic heterocycles. The molecule has 4 rings (SSSR count). The van der Waals surface area contributed by atoms with Crippen molar-refractivity contribution in [2.45, 2.75) is 6.54 Å². The van der Waals surface area contributed by atoms with Crippen LogP contribution >= 0.6 is 0 Å². The summed E-state index contributed by atoms with van der Waals surface area (Å²) in [4.78, 5) is 27.7. The third kappa shape index (κ3) is 3.46. The number of nitrogens with one attached hydrogen (secondary N) is 1. The molecule has 0 saturated carbocycles. The maximum atomic E-state index is 12.7. The fraction of sp³-hybridized carbons (Fsp3) is 0.444. The number of amides is 1. The number of rotatable bonds is 4. The number of carbonyl (C=O) groups excluding carboxylic acids is 1. The standard InChI is InChI=1S/C18H21N5O2/c24-17(22-8-14-4-1-2-5-19-14)16-12-25-11-13-9-23(10-15(13)16)18-20-6-3-7-21-18/h1-7,13,15-16H,8-12H2,(H,22,24)/t13-,15-,16+/m0/s1. The quantitative estimate of drug-likeness (QED) is 0.891. The normalized spacial score (nSPS) is 25.4. The molecule has 7 nitrogen and oxygen atoms in total. The zero-order chi connectivity index (χ0) is 17.1. The summed E-state index contributed by atoms with van der Waals surface area (Å²) in [6, 6.07) is 7.50. The van der Waals surface area contributed by atoms with Gasteiger partial charge in [0.05, 0.1) is 31.4 Å². The maximum absolute atomic E-state index is 12.7. The molecule has 0 aromatic carbocycles. The van der Waals surface area contributed by atoms with Crippen molar-refractivity contribution < 1.29 is 9.53 Å². The predicted octanol–water partition coefficient (Wildman–Crippen LogP) is 0.887. The van der Waals surface area contributed by atoms with Crippen molar-refractivity contribution in [3.63, 3.8) is 0 Å². The monoisotopic (exact) mass is 339 g/mol. The number of pyridine rings is 1. The first-order valence-corrected chi connectivity index (χ1v) is 8.58. The second kappa shape index (κ2) is 7.14. The van der Waals surface area contributed by atoms with E-state index in [0.29, 0.717) is 25.7 Å². The van der Waals surface area contributed by atoms with Gasteiger partial charge in [-0.2, -0.15) is 0 Å². The van der Waals surface area contributed by atoms with E-state index in [2.05, 4.69) is 25.2 Å². The molecule has 2 aromatic rings. The Labute approximate surface area is 146 Å². The zero-order valence-corrected chi connectivity index (χ0v) is 13.9. The van der Waals surface area contributed by atoms with E-state index in [0.717, 1.165) is 24.7 Å². The van der Waals surface area contributed by atoms with Crippen LogP contribution in [0.1, 0.15) is 5.69 Å². The Bertz CT molecular complexity index is 712. The first-order valence-electron chi connectivity index (χ1n) is 8.58. The van der Waals surface area contributed by atoms with E-state index >= 15 is 0 Å². The summed E-state index contributed by atoms with van der Waals surface area (Å²) in [7, 11) is 0. The summed E-state index contributed by atoms with van der Waals surface area (Å²) in [5.74, 6) is 1.22. The van der Waals surface area contributed by atoms with Gasteiger partial charge in [-0.25, -0.2) is 9.97 Å². The van der Waals surface area contributed by atoms with Crippen LogP contribution in [0, 0.1) is 17.8 Å². The minimum absolute atomic E-state index is 0.0381. The molecular formula is C18H21N5O2. The van der Waals surface area contributed by atoms with Gasteiger partial charge < -0.3 is 15.0 Å². The number of carbonyl (C=O) groups is 1. The Morgan fingerprint density at radius 2 is 1.96 bits per heavy atom. The number of nitrogens with zero attached hydrogens (tertiary/aromatic N) is 4. The van der Waals surface area contributed by atoms with E-state index in [1.54, 1.807) is 18.6 Å². The number of fused-ring (bicyclic) bond motifs is 1. The summed E-state index contributed by atoms with van der Waals surface area (Å²) >= 11 is 0. The van der Waals surface area contributed by atoms with Crippen LogP contribution in [0.5, 0.6) is 0 Å². The van der Waals surface area contributed by atoms with Gasteiger partial charge in [0.1, 0.15) is 0 Å². The van der Waals surface area contributed by atoms with E-state index in [1.165, 1.54) is 0 Å². The molecule has 1 amide bonds. The van der Waals surface area contributed by atoms with Crippen molar-refractivity contribution in [2.24, 2.45) is 17.8 Å². The Morgan fingerprint density at radius 1 is 1.12 bits per heavy atom. The van der Waals surface area contributed by atoms with Gasteiger partial charge >= 0.3 is 0 Å². The lowest BCUT2D eigenvalue weighted by Crippen LogP contribution is -2.44. The van der Waals surface area contributed by atoms with Crippen molar-refractivity contribution in [1.82, 2.24) is 20.3 Å². The number of ether oxygens (including phenoxy) is 1. The van der Waals surface area contributed by atoms with Gasteiger partial charge in [0.25, 0.3) is 0 Å². The molecule has 25 heavy (non-hydrogen) atoms. The van der Waals surface area contributed by atoms with E-state index in [1.807, 2.05) is 24.3 Å². The Balaban J connectivity index is 1.41. The number of hydrogen-bond acceptors (Lipinski definition) is 6. The highest BCUT2D eigenvalue weighted by molar-refractivity contribution is 5.79. The molecule has 0 aliphatic carbocycles. The van der Waals surface area contributed by atoms with Gasteiger partial charge in [-0.1, -0.05) is 6.07 Å². The van der Waals surface area contributed by atoms with Crippen molar-refractivity contribution in [3.8, 4) is 0 Å². The topological polar surface area (TPSA) is 80.2 Å². The summed E-state index contributed by atoms with van der Waals surface area (Å²) in [5.41, 5.74) is 0.856. The molecule has 0 radical (unpaired) electrons.